The van der Waals surface area contributed by atoms with Gasteiger partial charge in [-0.05, 0) is 24.0 Å². The summed E-state index contributed by atoms with van der Waals surface area (Å²) in [6, 6.07) is 7.75. The van der Waals surface area contributed by atoms with Crippen LogP contribution in [0, 0.1) is 0 Å². The number of aryl methyl sites for hydroxylation is 2. The van der Waals surface area contributed by atoms with Gasteiger partial charge in [0.05, 0.1) is 0 Å². The van der Waals surface area contributed by atoms with E-state index in [2.05, 4.69) is 0 Å². The molecule has 0 N–H and O–H groups in total. The van der Waals surface area contributed by atoms with Crippen LogP contribution in [0.25, 0.3) is 0 Å². The van der Waals surface area contributed by atoms with E-state index in [1.165, 1.54) is 0 Å². The highest BCUT2D eigenvalue weighted by molar-refractivity contribution is 5.28. The molecule has 1 aliphatic rings. The molecule has 0 fully saturated rings. The fraction of sp³-hybridized carbons (Fsp3) is 0.455. The highest BCUT2D eigenvalue weighted by Gasteiger charge is 2.30. The first kappa shape index (κ1) is 8.67. The molecule has 0 nitrogen and oxygen atoms in total. The molecular weight excluding hydrogens is 170 g/mol. The molecule has 70 valence electrons. The summed E-state index contributed by atoms with van der Waals surface area (Å²) < 4.78 is 26.1. The summed E-state index contributed by atoms with van der Waals surface area (Å²) in [6.07, 6.45) is 1.04. The molecular formula is C11H12F2. The quantitative estimate of drug-likeness (QED) is 0.540. The van der Waals surface area contributed by atoms with Gasteiger partial charge >= 0.3 is 0 Å². The largest absolute Gasteiger partial charge is 0.248 e. The Morgan fingerprint density at radius 1 is 0.923 bits per heavy atom. The summed E-state index contributed by atoms with van der Waals surface area (Å²) in [4.78, 5) is 0. The first-order valence-corrected chi connectivity index (χ1v) is 4.62. The second-order valence-corrected chi connectivity index (χ2v) is 3.62. The lowest BCUT2D eigenvalue weighted by Crippen LogP contribution is -2.15. The number of rotatable bonds is 0. The van der Waals surface area contributed by atoms with E-state index >= 15 is 0 Å². The molecule has 0 saturated carbocycles. The van der Waals surface area contributed by atoms with Crippen LogP contribution < -0.4 is 0 Å². The molecule has 13 heavy (non-hydrogen) atoms. The Morgan fingerprint density at radius 3 is 1.85 bits per heavy atom. The summed E-state index contributed by atoms with van der Waals surface area (Å²) in [5.41, 5.74) is 2.19. The third kappa shape index (κ3) is 1.87. The topological polar surface area (TPSA) is 0 Å². The van der Waals surface area contributed by atoms with Crippen LogP contribution in [-0.2, 0) is 12.8 Å². The lowest BCUT2D eigenvalue weighted by molar-refractivity contribution is -0.0130. The minimum Gasteiger partial charge on any atom is -0.207 e. The molecule has 1 aliphatic carbocycles. The van der Waals surface area contributed by atoms with Gasteiger partial charge in [0, 0.05) is 12.8 Å². The van der Waals surface area contributed by atoms with Gasteiger partial charge in [-0.1, -0.05) is 24.3 Å². The zero-order valence-corrected chi connectivity index (χ0v) is 7.39. The molecule has 0 spiro atoms. The van der Waals surface area contributed by atoms with Crippen molar-refractivity contribution >= 4 is 0 Å². The van der Waals surface area contributed by atoms with E-state index in [1.807, 2.05) is 24.3 Å². The first-order chi connectivity index (χ1) is 6.17. The van der Waals surface area contributed by atoms with Crippen molar-refractivity contribution in [3.8, 4) is 0 Å². The summed E-state index contributed by atoms with van der Waals surface area (Å²) in [5.74, 6) is -2.46. The maximum Gasteiger partial charge on any atom is 0.248 e. The zero-order valence-electron chi connectivity index (χ0n) is 7.39. The van der Waals surface area contributed by atoms with Gasteiger partial charge in [0.2, 0.25) is 5.92 Å². The van der Waals surface area contributed by atoms with Crippen LogP contribution in [0.5, 0.6) is 0 Å². The van der Waals surface area contributed by atoms with Crippen molar-refractivity contribution < 1.29 is 8.78 Å². The third-order valence-corrected chi connectivity index (χ3v) is 2.64. The molecule has 2 heteroatoms. The van der Waals surface area contributed by atoms with Crippen LogP contribution in [0.3, 0.4) is 0 Å². The molecule has 0 amide bonds. The summed E-state index contributed by atoms with van der Waals surface area (Å²) in [6.45, 7) is 0. The number of halogens is 2. The van der Waals surface area contributed by atoms with Crippen molar-refractivity contribution in [3.05, 3.63) is 35.4 Å². The molecule has 2 rings (SSSR count). The van der Waals surface area contributed by atoms with E-state index in [0.717, 1.165) is 11.1 Å². The van der Waals surface area contributed by atoms with Gasteiger partial charge in [0.1, 0.15) is 0 Å². The fourth-order valence-electron chi connectivity index (χ4n) is 1.81. The van der Waals surface area contributed by atoms with Crippen molar-refractivity contribution in [1.29, 1.82) is 0 Å². The van der Waals surface area contributed by atoms with E-state index in [9.17, 15) is 8.78 Å². The van der Waals surface area contributed by atoms with Gasteiger partial charge in [-0.15, -0.1) is 0 Å². The van der Waals surface area contributed by atoms with Crippen molar-refractivity contribution in [2.45, 2.75) is 31.6 Å². The van der Waals surface area contributed by atoms with Gasteiger partial charge in [0.25, 0.3) is 0 Å². The highest BCUT2D eigenvalue weighted by Crippen LogP contribution is 2.31. The lowest BCUT2D eigenvalue weighted by Gasteiger charge is -2.11. The van der Waals surface area contributed by atoms with Crippen molar-refractivity contribution in [2.75, 3.05) is 0 Å². The van der Waals surface area contributed by atoms with Gasteiger partial charge in [-0.25, -0.2) is 8.78 Å². The lowest BCUT2D eigenvalue weighted by atomic mass is 10.0. The van der Waals surface area contributed by atoms with Crippen LogP contribution >= 0.6 is 0 Å². The van der Waals surface area contributed by atoms with E-state index in [4.69, 9.17) is 0 Å². The highest BCUT2D eigenvalue weighted by atomic mass is 19.3. The van der Waals surface area contributed by atoms with Crippen molar-refractivity contribution in [1.82, 2.24) is 0 Å². The van der Waals surface area contributed by atoms with Crippen LogP contribution in [0.4, 0.5) is 8.78 Å². The molecule has 0 heterocycles. The molecule has 0 saturated heterocycles. The minimum absolute atomic E-state index is 0.00398. The Kier molecular flexibility index (Phi) is 2.06. The SMILES string of the molecule is FC1(F)CCc2ccccc2CC1. The number of hydrogen-bond acceptors (Lipinski definition) is 0. The summed E-state index contributed by atoms with van der Waals surface area (Å²) in [5, 5.41) is 0. The Bertz CT molecular complexity index is 276. The smallest absolute Gasteiger partial charge is 0.207 e. The predicted molar refractivity (Wildman–Crippen MR) is 48.0 cm³/mol. The average Bonchev–Trinajstić information content (AvgIpc) is 2.27. The van der Waals surface area contributed by atoms with Crippen LogP contribution in [0.15, 0.2) is 24.3 Å². The van der Waals surface area contributed by atoms with Crippen LogP contribution in [-0.4, -0.2) is 5.92 Å². The molecule has 0 atom stereocenters. The minimum atomic E-state index is -2.46. The molecule has 0 aromatic heterocycles. The normalized spacial score (nSPS) is 20.5. The predicted octanol–water partition coefficient (Wildman–Crippen LogP) is 3.20. The second-order valence-electron chi connectivity index (χ2n) is 3.62. The van der Waals surface area contributed by atoms with Crippen molar-refractivity contribution in [2.24, 2.45) is 0 Å². The maximum atomic E-state index is 13.0. The van der Waals surface area contributed by atoms with E-state index in [-0.39, 0.29) is 12.8 Å². The van der Waals surface area contributed by atoms with Gasteiger partial charge < -0.3 is 0 Å². The third-order valence-electron chi connectivity index (χ3n) is 2.64. The van der Waals surface area contributed by atoms with Crippen LogP contribution in [0.1, 0.15) is 24.0 Å². The molecule has 0 unspecified atom stereocenters. The number of benzene rings is 1. The number of fused-ring (bicyclic) bond motifs is 1. The summed E-state index contributed by atoms with van der Waals surface area (Å²) in [7, 11) is 0. The van der Waals surface area contributed by atoms with Crippen LogP contribution in [0.2, 0.25) is 0 Å². The molecule has 1 aromatic rings. The number of alkyl halides is 2. The van der Waals surface area contributed by atoms with E-state index in [1.54, 1.807) is 0 Å². The van der Waals surface area contributed by atoms with E-state index in [0.29, 0.717) is 12.8 Å². The molecule has 0 bridgehead atoms. The Balaban J connectivity index is 2.27. The van der Waals surface area contributed by atoms with Crippen molar-refractivity contribution in [3.63, 3.8) is 0 Å². The van der Waals surface area contributed by atoms with Gasteiger partial charge in [-0.3, -0.25) is 0 Å². The molecule has 1 aromatic carbocycles. The maximum absolute atomic E-state index is 13.0. The standard InChI is InChI=1S/C11H12F2/c12-11(13)7-5-9-3-1-2-4-10(9)6-8-11/h1-4H,5-8H2. The Hall–Kier alpha value is -0.920. The zero-order chi connectivity index (χ0) is 9.31. The van der Waals surface area contributed by atoms with Gasteiger partial charge in [0.15, 0.2) is 0 Å². The monoisotopic (exact) mass is 182 g/mol. The second kappa shape index (κ2) is 3.09. The Labute approximate surface area is 76.6 Å². The van der Waals surface area contributed by atoms with Gasteiger partial charge in [-0.2, -0.15) is 0 Å². The first-order valence-electron chi connectivity index (χ1n) is 4.62. The number of hydrogen-bond donors (Lipinski definition) is 0. The Morgan fingerprint density at radius 2 is 1.38 bits per heavy atom. The fourth-order valence-corrected chi connectivity index (χ4v) is 1.81. The molecule has 0 aliphatic heterocycles. The molecule has 0 radical (unpaired) electrons. The summed E-state index contributed by atoms with van der Waals surface area (Å²) >= 11 is 0. The van der Waals surface area contributed by atoms with E-state index < -0.39 is 5.92 Å². The average molecular weight is 182 g/mol.